The van der Waals surface area contributed by atoms with Gasteiger partial charge in [0.2, 0.25) is 0 Å². The zero-order valence-electron chi connectivity index (χ0n) is 12.6. The van der Waals surface area contributed by atoms with E-state index in [1.165, 1.54) is 4.31 Å². The molecule has 0 spiro atoms. The number of nitrogens with zero attached hydrogens (tertiary/aromatic N) is 1. The van der Waals surface area contributed by atoms with Crippen LogP contribution >= 0.6 is 0 Å². The predicted octanol–water partition coefficient (Wildman–Crippen LogP) is 0.790. The van der Waals surface area contributed by atoms with Gasteiger partial charge in [-0.3, -0.25) is 4.79 Å². The van der Waals surface area contributed by atoms with Gasteiger partial charge in [-0.15, -0.1) is 0 Å². The van der Waals surface area contributed by atoms with Gasteiger partial charge in [-0.2, -0.15) is 17.4 Å². The van der Waals surface area contributed by atoms with Gasteiger partial charge < -0.3 is 15.3 Å². The van der Waals surface area contributed by atoms with Gasteiger partial charge in [0.15, 0.2) is 0 Å². The standard InChI is InChI=1S/C14H20N2O6S/c1-9-2-4-16(5-3-9)23(21,22)15-13(14(19)20)10-6-11(17)8-12(18)7-10/h6-9,13,15,17-18H,2-5H2,1H3,(H,19,20). The van der Waals surface area contributed by atoms with Gasteiger partial charge in [-0.25, -0.2) is 0 Å². The second kappa shape index (κ2) is 6.73. The lowest BCUT2D eigenvalue weighted by atomic mass is 10.0. The summed E-state index contributed by atoms with van der Waals surface area (Å²) in [5.74, 6) is -1.70. The van der Waals surface area contributed by atoms with Crippen molar-refractivity contribution >= 4 is 16.2 Å². The van der Waals surface area contributed by atoms with Gasteiger partial charge in [0.25, 0.3) is 10.2 Å². The number of carboxylic acids is 1. The van der Waals surface area contributed by atoms with Gasteiger partial charge in [-0.1, -0.05) is 6.92 Å². The first kappa shape index (κ1) is 17.5. The molecule has 1 aromatic carbocycles. The first-order valence-corrected chi connectivity index (χ1v) is 8.66. The summed E-state index contributed by atoms with van der Waals surface area (Å²) in [5.41, 5.74) is -0.0519. The maximum atomic E-state index is 12.4. The highest BCUT2D eigenvalue weighted by Gasteiger charge is 2.32. The molecule has 1 fully saturated rings. The summed E-state index contributed by atoms with van der Waals surface area (Å²) in [5, 5.41) is 28.2. The Morgan fingerprint density at radius 2 is 1.74 bits per heavy atom. The molecule has 1 heterocycles. The molecular formula is C14H20N2O6S. The monoisotopic (exact) mass is 344 g/mol. The minimum absolute atomic E-state index is 0.0519. The summed E-state index contributed by atoms with van der Waals surface area (Å²) in [7, 11) is -3.99. The number of phenols is 2. The van der Waals surface area contributed by atoms with E-state index in [4.69, 9.17) is 0 Å². The van der Waals surface area contributed by atoms with Crippen molar-refractivity contribution in [3.05, 3.63) is 23.8 Å². The van der Waals surface area contributed by atoms with Crippen molar-refractivity contribution in [2.75, 3.05) is 13.1 Å². The molecule has 0 aromatic heterocycles. The molecule has 1 saturated heterocycles. The minimum atomic E-state index is -3.99. The number of aromatic hydroxyl groups is 2. The van der Waals surface area contributed by atoms with Gasteiger partial charge in [-0.05, 0) is 36.5 Å². The summed E-state index contributed by atoms with van der Waals surface area (Å²) in [6.07, 6.45) is 1.43. The van der Waals surface area contributed by atoms with Crippen LogP contribution in [-0.2, 0) is 15.0 Å². The molecular weight excluding hydrogens is 324 g/mol. The molecule has 1 atom stereocenters. The van der Waals surface area contributed by atoms with Crippen LogP contribution in [0.1, 0.15) is 31.4 Å². The molecule has 1 aliphatic heterocycles. The fourth-order valence-corrected chi connectivity index (χ4v) is 3.87. The lowest BCUT2D eigenvalue weighted by Gasteiger charge is -2.30. The van der Waals surface area contributed by atoms with Crippen LogP contribution in [0.5, 0.6) is 11.5 Å². The van der Waals surface area contributed by atoms with Crippen molar-refractivity contribution in [2.24, 2.45) is 5.92 Å². The van der Waals surface area contributed by atoms with Gasteiger partial charge in [0, 0.05) is 19.2 Å². The van der Waals surface area contributed by atoms with Crippen molar-refractivity contribution in [3.63, 3.8) is 0 Å². The predicted molar refractivity (Wildman–Crippen MR) is 82.2 cm³/mol. The Balaban J connectivity index is 2.23. The average Bonchev–Trinajstić information content (AvgIpc) is 2.44. The van der Waals surface area contributed by atoms with E-state index < -0.39 is 22.2 Å². The Bertz CT molecular complexity index is 662. The average molecular weight is 344 g/mol. The third kappa shape index (κ3) is 4.34. The highest BCUT2D eigenvalue weighted by Crippen LogP contribution is 2.26. The van der Waals surface area contributed by atoms with Crippen molar-refractivity contribution in [1.82, 2.24) is 9.03 Å². The number of piperidine rings is 1. The Labute approximate surface area is 134 Å². The number of aliphatic carboxylic acids is 1. The Hall–Kier alpha value is -1.84. The number of hydrogen-bond acceptors (Lipinski definition) is 5. The molecule has 1 unspecified atom stereocenters. The van der Waals surface area contributed by atoms with Crippen LogP contribution in [0.4, 0.5) is 0 Å². The van der Waals surface area contributed by atoms with Crippen LogP contribution in [0.25, 0.3) is 0 Å². The highest BCUT2D eigenvalue weighted by atomic mass is 32.2. The molecule has 2 rings (SSSR count). The Kier molecular flexibility index (Phi) is 5.12. The van der Waals surface area contributed by atoms with E-state index in [1.54, 1.807) is 0 Å². The van der Waals surface area contributed by atoms with Crippen molar-refractivity contribution in [1.29, 1.82) is 0 Å². The normalized spacial score (nSPS) is 18.7. The van der Waals surface area contributed by atoms with Crippen LogP contribution in [0.2, 0.25) is 0 Å². The van der Waals surface area contributed by atoms with E-state index in [9.17, 15) is 28.5 Å². The SMILES string of the molecule is CC1CCN(S(=O)(=O)NC(C(=O)O)c2cc(O)cc(O)c2)CC1. The molecule has 1 aromatic rings. The van der Waals surface area contributed by atoms with E-state index >= 15 is 0 Å². The number of phenolic OH excluding ortho intramolecular Hbond substituents is 2. The fourth-order valence-electron chi connectivity index (χ4n) is 2.49. The Morgan fingerprint density at radius 1 is 1.22 bits per heavy atom. The molecule has 0 aliphatic carbocycles. The molecule has 9 heteroatoms. The number of carboxylic acid groups (broad SMARTS) is 1. The van der Waals surface area contributed by atoms with Crippen LogP contribution in [0.3, 0.4) is 0 Å². The zero-order valence-corrected chi connectivity index (χ0v) is 13.5. The smallest absolute Gasteiger partial charge is 0.326 e. The van der Waals surface area contributed by atoms with E-state index in [-0.39, 0.29) is 17.1 Å². The maximum Gasteiger partial charge on any atom is 0.326 e. The molecule has 23 heavy (non-hydrogen) atoms. The molecule has 0 saturated carbocycles. The Morgan fingerprint density at radius 3 is 2.22 bits per heavy atom. The van der Waals surface area contributed by atoms with Crippen LogP contribution in [0, 0.1) is 5.92 Å². The molecule has 1 aliphatic rings. The highest BCUT2D eigenvalue weighted by molar-refractivity contribution is 7.87. The number of benzene rings is 1. The molecule has 0 bridgehead atoms. The molecule has 4 N–H and O–H groups in total. The molecule has 128 valence electrons. The number of hydrogen-bond donors (Lipinski definition) is 4. The largest absolute Gasteiger partial charge is 0.508 e. The molecule has 0 radical (unpaired) electrons. The first-order valence-electron chi connectivity index (χ1n) is 7.22. The van der Waals surface area contributed by atoms with Gasteiger partial charge in [0.1, 0.15) is 17.5 Å². The van der Waals surface area contributed by atoms with E-state index in [1.807, 2.05) is 6.92 Å². The second-order valence-corrected chi connectivity index (χ2v) is 7.46. The van der Waals surface area contributed by atoms with E-state index in [2.05, 4.69) is 4.72 Å². The third-order valence-electron chi connectivity index (χ3n) is 3.85. The number of carbonyl (C=O) groups is 1. The summed E-state index contributed by atoms with van der Waals surface area (Å²) in [6.45, 7) is 2.69. The minimum Gasteiger partial charge on any atom is -0.508 e. The summed E-state index contributed by atoms with van der Waals surface area (Å²) in [6, 6.07) is 1.62. The maximum absolute atomic E-state index is 12.4. The second-order valence-electron chi connectivity index (χ2n) is 5.76. The van der Waals surface area contributed by atoms with Crippen molar-refractivity contribution in [2.45, 2.75) is 25.8 Å². The van der Waals surface area contributed by atoms with Crippen molar-refractivity contribution in [3.8, 4) is 11.5 Å². The number of nitrogens with one attached hydrogen (secondary N) is 1. The lowest BCUT2D eigenvalue weighted by molar-refractivity contribution is -0.139. The molecule has 0 amide bonds. The van der Waals surface area contributed by atoms with Crippen LogP contribution in [-0.4, -0.2) is 47.1 Å². The summed E-state index contributed by atoms with van der Waals surface area (Å²) >= 11 is 0. The molecule has 8 nitrogen and oxygen atoms in total. The summed E-state index contributed by atoms with van der Waals surface area (Å²) < 4.78 is 28.1. The quantitative estimate of drug-likeness (QED) is 0.625. The van der Waals surface area contributed by atoms with E-state index in [0.29, 0.717) is 31.8 Å². The zero-order chi connectivity index (χ0) is 17.2. The lowest BCUT2D eigenvalue weighted by Crippen LogP contribution is -2.47. The van der Waals surface area contributed by atoms with E-state index in [0.717, 1.165) is 18.2 Å². The van der Waals surface area contributed by atoms with Crippen LogP contribution < -0.4 is 4.72 Å². The fraction of sp³-hybridized carbons (Fsp3) is 0.500. The topological polar surface area (TPSA) is 127 Å². The third-order valence-corrected chi connectivity index (χ3v) is 5.43. The summed E-state index contributed by atoms with van der Waals surface area (Å²) in [4.78, 5) is 11.4. The van der Waals surface area contributed by atoms with Gasteiger partial charge in [0.05, 0.1) is 0 Å². The first-order chi connectivity index (χ1) is 10.7. The van der Waals surface area contributed by atoms with Gasteiger partial charge >= 0.3 is 5.97 Å². The van der Waals surface area contributed by atoms with Crippen LogP contribution in [0.15, 0.2) is 18.2 Å². The van der Waals surface area contributed by atoms with Crippen molar-refractivity contribution < 1.29 is 28.5 Å². The number of rotatable bonds is 5.